The monoisotopic (exact) mass is 400 g/mol. The molecule has 24 heavy (non-hydrogen) atoms. The van der Waals surface area contributed by atoms with E-state index in [0.29, 0.717) is 0 Å². The summed E-state index contributed by atoms with van der Waals surface area (Å²) < 4.78 is 197. The molecule has 0 nitrogen and oxygen atoms in total. The fourth-order valence-electron chi connectivity index (χ4n) is 1.22. The molecule has 0 saturated carbocycles. The highest BCUT2D eigenvalue weighted by molar-refractivity contribution is 5.24. The van der Waals surface area contributed by atoms with E-state index in [2.05, 4.69) is 0 Å². The van der Waals surface area contributed by atoms with Gasteiger partial charge in [0.1, 0.15) is 0 Å². The van der Waals surface area contributed by atoms with Crippen LogP contribution in [0, 0.1) is 0 Å². The Morgan fingerprint density at radius 3 is 1.00 bits per heavy atom. The van der Waals surface area contributed by atoms with Crippen molar-refractivity contribution in [2.45, 2.75) is 35.8 Å². The highest BCUT2D eigenvalue weighted by Crippen LogP contribution is 2.63. The quantitative estimate of drug-likeness (QED) is 0.524. The summed E-state index contributed by atoms with van der Waals surface area (Å²) in [5, 5.41) is 0. The second-order valence-corrected chi connectivity index (χ2v) is 3.95. The molecule has 0 aromatic rings. The van der Waals surface area contributed by atoms with Gasteiger partial charge in [-0.25, -0.2) is 4.39 Å². The van der Waals surface area contributed by atoms with Crippen LogP contribution in [-0.4, -0.2) is 35.8 Å². The normalized spacial score (nSPS) is 17.5. The van der Waals surface area contributed by atoms with Crippen LogP contribution in [0.1, 0.15) is 0 Å². The van der Waals surface area contributed by atoms with Crippen molar-refractivity contribution in [2.75, 3.05) is 0 Å². The van der Waals surface area contributed by atoms with Crippen molar-refractivity contribution in [2.24, 2.45) is 0 Å². The maximum Gasteiger partial charge on any atom is 0.460 e. The van der Waals surface area contributed by atoms with Gasteiger partial charge in [-0.2, -0.15) is 65.9 Å². The molecule has 0 amide bonds. The zero-order valence-corrected chi connectivity index (χ0v) is 10.0. The van der Waals surface area contributed by atoms with E-state index in [1.165, 1.54) is 0 Å². The van der Waals surface area contributed by atoms with E-state index >= 15 is 0 Å². The zero-order chi connectivity index (χ0) is 20.2. The number of allylic oxidation sites excluding steroid dienone is 1. The van der Waals surface area contributed by atoms with Gasteiger partial charge in [-0.3, -0.25) is 0 Å². The van der Waals surface area contributed by atoms with Crippen LogP contribution in [0.4, 0.5) is 70.2 Å². The summed E-state index contributed by atoms with van der Waals surface area (Å²) in [6.07, 6.45) is -20.3. The highest BCUT2D eigenvalue weighted by Gasteiger charge is 2.94. The Balaban J connectivity index is 6.93. The molecular weight excluding hydrogens is 400 g/mol. The first-order chi connectivity index (χ1) is 10.1. The maximum atomic E-state index is 13.3. The lowest BCUT2D eigenvalue weighted by Crippen LogP contribution is -2.73. The Hall–Kier alpha value is -1.38. The predicted molar refractivity (Wildman–Crippen MR) is 41.1 cm³/mol. The standard InChI is InChI=1S/C8F16/c9-1(2(10)11)3(12,13)4(14,7(19,20)21)5(15,16)6(17,18)8(22,23)24. The first-order valence-corrected chi connectivity index (χ1v) is 4.77. The van der Waals surface area contributed by atoms with Gasteiger partial charge in [0, 0.05) is 0 Å². The molecule has 144 valence electrons. The van der Waals surface area contributed by atoms with Gasteiger partial charge in [0.2, 0.25) is 5.83 Å². The van der Waals surface area contributed by atoms with Gasteiger partial charge < -0.3 is 0 Å². The van der Waals surface area contributed by atoms with Crippen molar-refractivity contribution in [3.8, 4) is 0 Å². The lowest BCUT2D eigenvalue weighted by Gasteiger charge is -2.42. The molecule has 0 rings (SSSR count). The third kappa shape index (κ3) is 2.76. The van der Waals surface area contributed by atoms with Crippen molar-refractivity contribution in [3.05, 3.63) is 11.9 Å². The highest BCUT2D eigenvalue weighted by atomic mass is 19.4. The molecule has 0 spiro atoms. The largest absolute Gasteiger partial charge is 0.460 e. The Morgan fingerprint density at radius 2 is 0.792 bits per heavy atom. The summed E-state index contributed by atoms with van der Waals surface area (Å²) in [5.41, 5.74) is -8.38. The summed E-state index contributed by atoms with van der Waals surface area (Å²) in [5.74, 6) is -29.3. The molecule has 0 aliphatic carbocycles. The average Bonchev–Trinajstić information content (AvgIpc) is 2.32. The molecular formula is C8F16. The number of hydrogen-bond acceptors (Lipinski definition) is 0. The van der Waals surface area contributed by atoms with Crippen LogP contribution in [0.5, 0.6) is 0 Å². The van der Waals surface area contributed by atoms with Crippen molar-refractivity contribution in [3.63, 3.8) is 0 Å². The van der Waals surface area contributed by atoms with E-state index in [4.69, 9.17) is 0 Å². The van der Waals surface area contributed by atoms with Gasteiger partial charge >= 0.3 is 41.9 Å². The first-order valence-electron chi connectivity index (χ1n) is 4.77. The van der Waals surface area contributed by atoms with Gasteiger partial charge in [-0.1, -0.05) is 0 Å². The summed E-state index contributed by atoms with van der Waals surface area (Å²) >= 11 is 0. The van der Waals surface area contributed by atoms with E-state index in [-0.39, 0.29) is 0 Å². The Morgan fingerprint density at radius 1 is 0.458 bits per heavy atom. The second-order valence-electron chi connectivity index (χ2n) is 3.95. The SMILES string of the molecule is FC(F)=C(F)C(F)(F)C(F)(C(F)(F)F)C(F)(F)C(F)(F)C(F)(F)F. The molecule has 0 fully saturated rings. The van der Waals surface area contributed by atoms with Crippen LogP contribution >= 0.6 is 0 Å². The Labute approximate surface area is 119 Å². The smallest absolute Gasteiger partial charge is 0.219 e. The van der Waals surface area contributed by atoms with Crippen molar-refractivity contribution in [1.82, 2.24) is 0 Å². The molecule has 1 atom stereocenters. The number of hydrogen-bond donors (Lipinski definition) is 0. The summed E-state index contributed by atoms with van der Waals surface area (Å²) in [7, 11) is 0. The number of halogens is 16. The predicted octanol–water partition coefficient (Wildman–Crippen LogP) is 5.80. The van der Waals surface area contributed by atoms with E-state index < -0.39 is 47.7 Å². The molecule has 0 aromatic heterocycles. The van der Waals surface area contributed by atoms with Crippen LogP contribution < -0.4 is 0 Å². The molecule has 0 N–H and O–H groups in total. The summed E-state index contributed by atoms with van der Waals surface area (Å²) in [6.45, 7) is 0. The Bertz CT molecular complexity index is 501. The van der Waals surface area contributed by atoms with Gasteiger partial charge in [0.05, 0.1) is 0 Å². The average molecular weight is 400 g/mol. The zero-order valence-electron chi connectivity index (χ0n) is 10.0. The lowest BCUT2D eigenvalue weighted by molar-refractivity contribution is -0.437. The van der Waals surface area contributed by atoms with E-state index in [9.17, 15) is 70.2 Å². The van der Waals surface area contributed by atoms with E-state index in [1.807, 2.05) is 0 Å². The topological polar surface area (TPSA) is 0 Å². The van der Waals surface area contributed by atoms with Crippen molar-refractivity contribution < 1.29 is 70.2 Å². The minimum Gasteiger partial charge on any atom is -0.219 e. The molecule has 0 aromatic carbocycles. The molecule has 0 radical (unpaired) electrons. The third-order valence-electron chi connectivity index (χ3n) is 2.45. The molecule has 0 bridgehead atoms. The van der Waals surface area contributed by atoms with Crippen LogP contribution in [0.2, 0.25) is 0 Å². The van der Waals surface area contributed by atoms with Gasteiger partial charge in [-0.05, 0) is 0 Å². The fraction of sp³-hybridized carbons (Fsp3) is 0.750. The molecule has 0 heterocycles. The van der Waals surface area contributed by atoms with Gasteiger partial charge in [0.25, 0.3) is 0 Å². The molecule has 1 unspecified atom stereocenters. The lowest BCUT2D eigenvalue weighted by atomic mass is 9.84. The minimum absolute atomic E-state index is 4.56. The molecule has 0 saturated heterocycles. The Kier molecular flexibility index (Phi) is 5.25. The molecule has 0 aliphatic rings. The number of rotatable bonds is 4. The maximum absolute atomic E-state index is 13.3. The van der Waals surface area contributed by atoms with Crippen molar-refractivity contribution in [1.29, 1.82) is 0 Å². The van der Waals surface area contributed by atoms with Crippen molar-refractivity contribution >= 4 is 0 Å². The van der Waals surface area contributed by atoms with Crippen LogP contribution in [0.15, 0.2) is 11.9 Å². The minimum atomic E-state index is -8.44. The third-order valence-corrected chi connectivity index (χ3v) is 2.45. The van der Waals surface area contributed by atoms with E-state index in [0.717, 1.165) is 0 Å². The molecule has 0 aliphatic heterocycles. The first kappa shape index (κ1) is 22.6. The van der Waals surface area contributed by atoms with Crippen LogP contribution in [-0.2, 0) is 0 Å². The summed E-state index contributed by atoms with van der Waals surface area (Å²) in [6, 6.07) is 0. The van der Waals surface area contributed by atoms with Crippen LogP contribution in [0.25, 0.3) is 0 Å². The van der Waals surface area contributed by atoms with E-state index in [1.54, 1.807) is 0 Å². The number of alkyl halides is 13. The molecule has 16 heteroatoms. The van der Waals surface area contributed by atoms with Gasteiger partial charge in [-0.15, -0.1) is 0 Å². The summed E-state index contributed by atoms with van der Waals surface area (Å²) in [4.78, 5) is 0. The second kappa shape index (κ2) is 5.57. The fourth-order valence-corrected chi connectivity index (χ4v) is 1.22. The van der Waals surface area contributed by atoms with Crippen LogP contribution in [0.3, 0.4) is 0 Å². The van der Waals surface area contributed by atoms with Gasteiger partial charge in [0.15, 0.2) is 0 Å².